The van der Waals surface area contributed by atoms with Gasteiger partial charge in [-0.05, 0) is 46.1 Å². The Bertz CT molecular complexity index is 1290. The third-order valence-electron chi connectivity index (χ3n) is 8.32. The highest BCUT2D eigenvalue weighted by Crippen LogP contribution is 2.67. The van der Waals surface area contributed by atoms with Crippen molar-refractivity contribution in [3.8, 4) is 0 Å². The zero-order valence-electron chi connectivity index (χ0n) is 19.1. The molecular formula is C33H28S. The average molecular weight is 457 g/mol. The van der Waals surface area contributed by atoms with E-state index in [1.54, 1.807) is 5.56 Å². The van der Waals surface area contributed by atoms with E-state index in [0.717, 1.165) is 0 Å². The number of hydrogen-bond donors (Lipinski definition) is 0. The van der Waals surface area contributed by atoms with E-state index in [9.17, 15) is 0 Å². The SMILES string of the molecule is C1=C[C@H]2C[C@@H]1[C@@H]1SC(c3ccccc3)(c3ccccc3)C(c3ccccc3)c3ccccc3[C@@H]12. The molecule has 166 valence electrons. The molecule has 34 heavy (non-hydrogen) atoms. The van der Waals surface area contributed by atoms with Gasteiger partial charge in [0.1, 0.15) is 0 Å². The number of allylic oxidation sites excluding steroid dienone is 2. The van der Waals surface area contributed by atoms with Crippen LogP contribution in [0.5, 0.6) is 0 Å². The summed E-state index contributed by atoms with van der Waals surface area (Å²) in [7, 11) is 0. The highest BCUT2D eigenvalue weighted by atomic mass is 32.2. The Labute approximate surface area is 206 Å². The molecule has 0 nitrogen and oxygen atoms in total. The molecule has 0 saturated heterocycles. The zero-order chi connectivity index (χ0) is 22.5. The molecule has 1 heteroatoms. The second-order valence-electron chi connectivity index (χ2n) is 10.00. The Morgan fingerprint density at radius 3 is 1.74 bits per heavy atom. The van der Waals surface area contributed by atoms with Gasteiger partial charge < -0.3 is 0 Å². The Balaban J connectivity index is 1.60. The first-order chi connectivity index (χ1) is 16.9. The summed E-state index contributed by atoms with van der Waals surface area (Å²) < 4.78 is -0.211. The maximum Gasteiger partial charge on any atom is 0.0769 e. The van der Waals surface area contributed by atoms with Crippen molar-refractivity contribution in [2.24, 2.45) is 11.8 Å². The van der Waals surface area contributed by atoms with E-state index in [4.69, 9.17) is 0 Å². The molecule has 1 unspecified atom stereocenters. The van der Waals surface area contributed by atoms with Crippen LogP contribution in [-0.4, -0.2) is 5.25 Å². The molecule has 3 aliphatic rings. The molecule has 0 aromatic heterocycles. The molecule has 1 fully saturated rings. The summed E-state index contributed by atoms with van der Waals surface area (Å²) in [4.78, 5) is 0. The molecule has 0 radical (unpaired) electrons. The number of thioether (sulfide) groups is 1. The van der Waals surface area contributed by atoms with E-state index in [0.29, 0.717) is 23.0 Å². The minimum Gasteiger partial charge on any atom is -0.140 e. The zero-order valence-corrected chi connectivity index (χ0v) is 19.9. The first kappa shape index (κ1) is 20.4. The smallest absolute Gasteiger partial charge is 0.0769 e. The summed E-state index contributed by atoms with van der Waals surface area (Å²) in [6, 6.07) is 43.3. The molecule has 1 heterocycles. The van der Waals surface area contributed by atoms with E-state index >= 15 is 0 Å². The van der Waals surface area contributed by atoms with Gasteiger partial charge in [0.05, 0.1) is 4.75 Å². The van der Waals surface area contributed by atoms with Crippen LogP contribution in [0.4, 0.5) is 0 Å². The van der Waals surface area contributed by atoms with E-state index in [1.165, 1.54) is 28.7 Å². The van der Waals surface area contributed by atoms with Crippen molar-refractivity contribution in [2.45, 2.75) is 28.3 Å². The molecular weight excluding hydrogens is 428 g/mol. The second kappa shape index (κ2) is 8.03. The summed E-state index contributed by atoms with van der Waals surface area (Å²) >= 11 is 2.25. The van der Waals surface area contributed by atoms with Crippen LogP contribution in [0, 0.1) is 11.8 Å². The van der Waals surface area contributed by atoms with Gasteiger partial charge in [-0.2, -0.15) is 0 Å². The fourth-order valence-corrected chi connectivity index (χ4v) is 9.24. The lowest BCUT2D eigenvalue weighted by molar-refractivity contribution is 0.591. The van der Waals surface area contributed by atoms with Crippen LogP contribution in [0.3, 0.4) is 0 Å². The Morgan fingerprint density at radius 1 is 0.559 bits per heavy atom. The molecule has 5 atom stereocenters. The summed E-state index contributed by atoms with van der Waals surface area (Å²) in [6.45, 7) is 0. The van der Waals surface area contributed by atoms with Gasteiger partial charge in [0.15, 0.2) is 0 Å². The van der Waals surface area contributed by atoms with Crippen molar-refractivity contribution in [3.63, 3.8) is 0 Å². The molecule has 0 N–H and O–H groups in total. The van der Waals surface area contributed by atoms with Crippen molar-refractivity contribution in [2.75, 3.05) is 0 Å². The van der Waals surface area contributed by atoms with Gasteiger partial charge in [-0.15, -0.1) is 11.8 Å². The lowest BCUT2D eigenvalue weighted by Gasteiger charge is -2.43. The van der Waals surface area contributed by atoms with Crippen LogP contribution < -0.4 is 0 Å². The Kier molecular flexibility index (Phi) is 4.81. The highest BCUT2D eigenvalue weighted by Gasteiger charge is 2.56. The first-order valence-electron chi connectivity index (χ1n) is 12.5. The largest absolute Gasteiger partial charge is 0.140 e. The maximum atomic E-state index is 2.52. The van der Waals surface area contributed by atoms with Crippen LogP contribution in [0.1, 0.15) is 46.1 Å². The second-order valence-corrected chi connectivity index (χ2v) is 11.4. The normalized spacial score (nSPS) is 28.2. The van der Waals surface area contributed by atoms with Gasteiger partial charge in [-0.3, -0.25) is 0 Å². The number of rotatable bonds is 3. The minimum absolute atomic E-state index is 0.211. The summed E-state index contributed by atoms with van der Waals surface area (Å²) in [5.41, 5.74) is 7.28. The van der Waals surface area contributed by atoms with Gasteiger partial charge in [0, 0.05) is 17.1 Å². The van der Waals surface area contributed by atoms with Crippen molar-refractivity contribution >= 4 is 11.8 Å². The standard InChI is InChI=1S/C33H28S/c1-4-12-23(13-5-1)31-29-19-11-10-18-28(29)30-24-20-21-25(22-24)32(30)34-33(31,26-14-6-2-7-15-26)27-16-8-3-9-17-27/h1-21,24-25,30-32H,22H2/t24-,25+,30-,31?,32-/m0/s1. The van der Waals surface area contributed by atoms with Gasteiger partial charge in [0.2, 0.25) is 0 Å². The summed E-state index contributed by atoms with van der Waals surface area (Å²) in [6.07, 6.45) is 6.33. The molecule has 2 aliphatic carbocycles. The number of hydrogen-bond acceptors (Lipinski definition) is 1. The number of fused-ring (bicyclic) bond motifs is 7. The van der Waals surface area contributed by atoms with Crippen molar-refractivity contribution in [1.82, 2.24) is 0 Å². The maximum absolute atomic E-state index is 2.52. The van der Waals surface area contributed by atoms with Gasteiger partial charge in [0.25, 0.3) is 0 Å². The van der Waals surface area contributed by atoms with Crippen LogP contribution in [-0.2, 0) is 4.75 Å². The summed E-state index contributed by atoms with van der Waals surface area (Å²) in [5.74, 6) is 2.11. The highest BCUT2D eigenvalue weighted by molar-refractivity contribution is 8.01. The average Bonchev–Trinajstić information content (AvgIpc) is 3.48. The molecule has 1 saturated carbocycles. The molecule has 2 bridgehead atoms. The molecule has 4 aromatic rings. The molecule has 4 aromatic carbocycles. The predicted molar refractivity (Wildman–Crippen MR) is 143 cm³/mol. The molecule has 7 rings (SSSR count). The molecule has 0 spiro atoms. The lowest BCUT2D eigenvalue weighted by Crippen LogP contribution is -2.34. The minimum atomic E-state index is -0.211. The number of benzene rings is 4. The fourth-order valence-electron chi connectivity index (χ4n) is 6.99. The van der Waals surface area contributed by atoms with Gasteiger partial charge >= 0.3 is 0 Å². The van der Waals surface area contributed by atoms with E-state index < -0.39 is 0 Å². The van der Waals surface area contributed by atoms with Crippen molar-refractivity contribution in [1.29, 1.82) is 0 Å². The monoisotopic (exact) mass is 456 g/mol. The van der Waals surface area contributed by atoms with Crippen LogP contribution >= 0.6 is 11.8 Å². The Morgan fingerprint density at radius 2 is 1.09 bits per heavy atom. The summed E-state index contributed by atoms with van der Waals surface area (Å²) in [5, 5.41) is 0.574. The predicted octanol–water partition coefficient (Wildman–Crippen LogP) is 8.17. The van der Waals surface area contributed by atoms with Crippen molar-refractivity contribution < 1.29 is 0 Å². The van der Waals surface area contributed by atoms with Gasteiger partial charge in [-0.1, -0.05) is 127 Å². The lowest BCUT2D eigenvalue weighted by atomic mass is 9.70. The topological polar surface area (TPSA) is 0 Å². The molecule has 0 amide bonds. The van der Waals surface area contributed by atoms with E-state index in [-0.39, 0.29) is 10.7 Å². The first-order valence-corrected chi connectivity index (χ1v) is 13.4. The quantitative estimate of drug-likeness (QED) is 0.280. The third-order valence-corrected chi connectivity index (χ3v) is 10.3. The molecule has 1 aliphatic heterocycles. The van der Waals surface area contributed by atoms with Crippen molar-refractivity contribution in [3.05, 3.63) is 155 Å². The van der Waals surface area contributed by atoms with Crippen LogP contribution in [0.25, 0.3) is 0 Å². The van der Waals surface area contributed by atoms with E-state index in [1.807, 2.05) is 0 Å². The fraction of sp³-hybridized carbons (Fsp3) is 0.212. The van der Waals surface area contributed by atoms with E-state index in [2.05, 4.69) is 139 Å². The van der Waals surface area contributed by atoms with Gasteiger partial charge in [-0.25, -0.2) is 0 Å². The van der Waals surface area contributed by atoms with Crippen LogP contribution in [0.2, 0.25) is 0 Å². The van der Waals surface area contributed by atoms with Crippen LogP contribution in [0.15, 0.2) is 127 Å². The Hall–Kier alpha value is -3.03. The third kappa shape index (κ3) is 2.93.